The second-order valence-corrected chi connectivity index (χ2v) is 6.82. The van der Waals surface area contributed by atoms with Gasteiger partial charge in [-0.1, -0.05) is 17.7 Å². The second kappa shape index (κ2) is 6.99. The van der Waals surface area contributed by atoms with E-state index in [1.54, 1.807) is 4.57 Å². The van der Waals surface area contributed by atoms with E-state index in [1.807, 2.05) is 20.8 Å². The molecule has 1 N–H and O–H groups in total. The van der Waals surface area contributed by atoms with Crippen LogP contribution < -0.4 is 10.9 Å². The summed E-state index contributed by atoms with van der Waals surface area (Å²) in [6, 6.07) is 0. The lowest BCUT2D eigenvalue weighted by atomic mass is 10.2. The van der Waals surface area contributed by atoms with Crippen molar-refractivity contribution >= 4 is 39.2 Å². The molecular formula is C15H17N3O2S2. The molecule has 0 aliphatic rings. The maximum atomic E-state index is 12.6. The highest BCUT2D eigenvalue weighted by Crippen LogP contribution is 2.28. The van der Waals surface area contributed by atoms with Crippen LogP contribution in [-0.2, 0) is 11.3 Å². The number of nitrogens with zero attached hydrogens (tertiary/aromatic N) is 2. The number of amides is 1. The molecule has 0 radical (unpaired) electrons. The molecule has 0 bridgehead atoms. The minimum Gasteiger partial charge on any atom is -0.344 e. The Balaban J connectivity index is 2.36. The largest absolute Gasteiger partial charge is 0.344 e. The number of terminal acetylenes is 1. The Morgan fingerprint density at radius 3 is 2.86 bits per heavy atom. The second-order valence-electron chi connectivity index (χ2n) is 4.68. The third kappa shape index (κ3) is 3.18. The van der Waals surface area contributed by atoms with Gasteiger partial charge in [-0.25, -0.2) is 4.98 Å². The lowest BCUT2D eigenvalue weighted by Gasteiger charge is -2.09. The number of aromatic nitrogens is 2. The number of hydrogen-bond acceptors (Lipinski definition) is 5. The first-order valence-electron chi connectivity index (χ1n) is 6.83. The number of thioether (sulfide) groups is 1. The zero-order valence-corrected chi connectivity index (χ0v) is 14.4. The fourth-order valence-electron chi connectivity index (χ4n) is 2.03. The zero-order valence-electron chi connectivity index (χ0n) is 12.7. The molecule has 0 aliphatic carbocycles. The van der Waals surface area contributed by atoms with E-state index in [4.69, 9.17) is 6.42 Å². The van der Waals surface area contributed by atoms with Crippen LogP contribution >= 0.6 is 23.1 Å². The predicted molar refractivity (Wildman–Crippen MR) is 91.6 cm³/mol. The van der Waals surface area contributed by atoms with Crippen LogP contribution in [0.25, 0.3) is 10.2 Å². The lowest BCUT2D eigenvalue weighted by Crippen LogP contribution is -2.27. The molecule has 2 aromatic rings. The van der Waals surface area contributed by atoms with E-state index in [1.165, 1.54) is 23.1 Å². The topological polar surface area (TPSA) is 64.0 Å². The quantitative estimate of drug-likeness (QED) is 0.515. The highest BCUT2D eigenvalue weighted by Gasteiger charge is 2.16. The molecule has 5 nitrogen and oxygen atoms in total. The van der Waals surface area contributed by atoms with Gasteiger partial charge < -0.3 is 5.32 Å². The number of carbonyl (C=O) groups excluding carboxylic acids is 1. The van der Waals surface area contributed by atoms with E-state index in [0.29, 0.717) is 17.1 Å². The Morgan fingerprint density at radius 1 is 1.50 bits per heavy atom. The first kappa shape index (κ1) is 16.6. The minimum atomic E-state index is -0.168. The van der Waals surface area contributed by atoms with E-state index in [-0.39, 0.29) is 23.8 Å². The maximum Gasteiger partial charge on any atom is 0.263 e. The molecule has 7 heteroatoms. The average molecular weight is 335 g/mol. The van der Waals surface area contributed by atoms with Crippen molar-refractivity contribution in [1.29, 1.82) is 0 Å². The zero-order chi connectivity index (χ0) is 16.3. The molecule has 2 heterocycles. The van der Waals surface area contributed by atoms with Gasteiger partial charge in [-0.05, 0) is 26.3 Å². The minimum absolute atomic E-state index is 0.0408. The molecular weight excluding hydrogens is 318 g/mol. The Labute approximate surface area is 137 Å². The fourth-order valence-corrected chi connectivity index (χ4v) is 3.99. The SMILES string of the molecule is C#CCNC(=O)CSc1nc2sc(C)c(C)c2c(=O)n1CC. The number of nitrogens with one attached hydrogen (secondary N) is 1. The summed E-state index contributed by atoms with van der Waals surface area (Å²) in [5, 5.41) is 3.85. The van der Waals surface area contributed by atoms with E-state index in [2.05, 4.69) is 16.2 Å². The molecule has 0 unspecified atom stereocenters. The van der Waals surface area contributed by atoms with Gasteiger partial charge >= 0.3 is 0 Å². The van der Waals surface area contributed by atoms with Crippen molar-refractivity contribution in [1.82, 2.24) is 14.9 Å². The van der Waals surface area contributed by atoms with Crippen molar-refractivity contribution in [3.05, 3.63) is 20.8 Å². The highest BCUT2D eigenvalue weighted by atomic mass is 32.2. The molecule has 0 atom stereocenters. The number of thiophene rings is 1. The van der Waals surface area contributed by atoms with Crippen molar-refractivity contribution in [2.45, 2.75) is 32.5 Å². The summed E-state index contributed by atoms with van der Waals surface area (Å²) >= 11 is 2.76. The highest BCUT2D eigenvalue weighted by molar-refractivity contribution is 7.99. The fraction of sp³-hybridized carbons (Fsp3) is 0.400. The molecule has 0 fully saturated rings. The molecule has 1 amide bonds. The van der Waals surface area contributed by atoms with Crippen molar-refractivity contribution in [2.75, 3.05) is 12.3 Å². The van der Waals surface area contributed by atoms with E-state index < -0.39 is 0 Å². The third-order valence-corrected chi connectivity index (χ3v) is 5.37. The summed E-state index contributed by atoms with van der Waals surface area (Å²) in [5.74, 6) is 2.37. The normalized spacial score (nSPS) is 10.6. The van der Waals surface area contributed by atoms with Gasteiger partial charge in [0.25, 0.3) is 5.56 Å². The summed E-state index contributed by atoms with van der Waals surface area (Å²) in [6.07, 6.45) is 5.10. The van der Waals surface area contributed by atoms with Gasteiger partial charge in [0.2, 0.25) is 5.91 Å². The van der Waals surface area contributed by atoms with E-state index in [9.17, 15) is 9.59 Å². The Morgan fingerprint density at radius 2 is 2.23 bits per heavy atom. The van der Waals surface area contributed by atoms with Crippen LogP contribution in [0, 0.1) is 26.2 Å². The van der Waals surface area contributed by atoms with Crippen molar-refractivity contribution in [2.24, 2.45) is 0 Å². The molecule has 0 saturated heterocycles. The summed E-state index contributed by atoms with van der Waals surface area (Å²) in [4.78, 5) is 30.7. The summed E-state index contributed by atoms with van der Waals surface area (Å²) in [6.45, 7) is 6.54. The van der Waals surface area contributed by atoms with Crippen LogP contribution in [0.5, 0.6) is 0 Å². The van der Waals surface area contributed by atoms with Gasteiger partial charge in [0.15, 0.2) is 5.16 Å². The number of aryl methyl sites for hydroxylation is 2. The summed E-state index contributed by atoms with van der Waals surface area (Å²) in [7, 11) is 0. The maximum absolute atomic E-state index is 12.6. The molecule has 0 saturated carbocycles. The van der Waals surface area contributed by atoms with Crippen LogP contribution in [0.3, 0.4) is 0 Å². The van der Waals surface area contributed by atoms with Crippen LogP contribution in [0.4, 0.5) is 0 Å². The summed E-state index contributed by atoms with van der Waals surface area (Å²) < 4.78 is 1.61. The standard InChI is InChI=1S/C15H17N3O2S2/c1-5-7-16-11(19)8-21-15-17-13-12(9(3)10(4)22-13)14(20)18(15)6-2/h1H,6-8H2,2-4H3,(H,16,19). The predicted octanol–water partition coefficient (Wildman–Crippen LogP) is 1.94. The van der Waals surface area contributed by atoms with Gasteiger partial charge in [-0.3, -0.25) is 14.2 Å². The first-order chi connectivity index (χ1) is 10.5. The van der Waals surface area contributed by atoms with Crippen LogP contribution in [-0.4, -0.2) is 27.8 Å². The molecule has 116 valence electrons. The smallest absolute Gasteiger partial charge is 0.263 e. The van der Waals surface area contributed by atoms with Gasteiger partial charge in [0, 0.05) is 11.4 Å². The Bertz CT molecular complexity index is 815. The van der Waals surface area contributed by atoms with Crippen molar-refractivity contribution < 1.29 is 4.79 Å². The van der Waals surface area contributed by atoms with Gasteiger partial charge in [-0.2, -0.15) is 0 Å². The third-order valence-electron chi connectivity index (χ3n) is 3.29. The number of carbonyl (C=O) groups is 1. The first-order valence-corrected chi connectivity index (χ1v) is 8.63. The Kier molecular flexibility index (Phi) is 5.27. The molecule has 0 spiro atoms. The number of rotatable bonds is 5. The van der Waals surface area contributed by atoms with Crippen molar-refractivity contribution in [3.63, 3.8) is 0 Å². The lowest BCUT2D eigenvalue weighted by molar-refractivity contribution is -0.118. The Hall–Kier alpha value is -1.78. The van der Waals surface area contributed by atoms with Crippen LogP contribution in [0.2, 0.25) is 0 Å². The molecule has 0 aliphatic heterocycles. The van der Waals surface area contributed by atoms with E-state index >= 15 is 0 Å². The van der Waals surface area contributed by atoms with Crippen LogP contribution in [0.15, 0.2) is 9.95 Å². The molecule has 0 aromatic carbocycles. The van der Waals surface area contributed by atoms with Gasteiger partial charge in [0.05, 0.1) is 17.7 Å². The number of hydrogen-bond donors (Lipinski definition) is 1. The molecule has 22 heavy (non-hydrogen) atoms. The summed E-state index contributed by atoms with van der Waals surface area (Å²) in [5.41, 5.74) is 0.948. The van der Waals surface area contributed by atoms with Gasteiger partial charge in [0.1, 0.15) is 4.83 Å². The number of fused-ring (bicyclic) bond motifs is 1. The molecule has 2 aromatic heterocycles. The van der Waals surface area contributed by atoms with Crippen molar-refractivity contribution in [3.8, 4) is 12.3 Å². The van der Waals surface area contributed by atoms with Crippen LogP contribution in [0.1, 0.15) is 17.4 Å². The molecule has 2 rings (SSSR count). The van der Waals surface area contributed by atoms with Gasteiger partial charge in [-0.15, -0.1) is 17.8 Å². The van der Waals surface area contributed by atoms with E-state index in [0.717, 1.165) is 15.3 Å². The average Bonchev–Trinajstić information content (AvgIpc) is 2.78. The monoisotopic (exact) mass is 335 g/mol.